The lowest BCUT2D eigenvalue weighted by molar-refractivity contribution is -0.143. The summed E-state index contributed by atoms with van der Waals surface area (Å²) in [6.07, 6.45) is -8.02. The maximum Gasteiger partial charge on any atom is 0.416 e. The summed E-state index contributed by atoms with van der Waals surface area (Å²) in [7, 11) is -1.45. The second kappa shape index (κ2) is 9.21. The summed E-state index contributed by atoms with van der Waals surface area (Å²) in [5.74, 6) is -1.84. The van der Waals surface area contributed by atoms with E-state index in [1.165, 1.54) is 12.3 Å². The van der Waals surface area contributed by atoms with Crippen LogP contribution in [0.25, 0.3) is 0 Å². The van der Waals surface area contributed by atoms with Gasteiger partial charge in [0.1, 0.15) is 11.0 Å². The van der Waals surface area contributed by atoms with E-state index >= 15 is 0 Å². The van der Waals surface area contributed by atoms with E-state index in [0.29, 0.717) is 24.0 Å². The first-order valence-corrected chi connectivity index (χ1v) is 10.4. The number of nitrogens with zero attached hydrogens (tertiary/aromatic N) is 2. The Labute approximate surface area is 184 Å². The quantitative estimate of drug-likeness (QED) is 0.376. The minimum Gasteiger partial charge on any atom is -0.336 e. The number of rotatable bonds is 6. The topological polar surface area (TPSA) is 78.9 Å². The number of halogens is 7. The van der Waals surface area contributed by atoms with Crippen molar-refractivity contribution in [1.29, 1.82) is 0 Å². The van der Waals surface area contributed by atoms with E-state index in [0.717, 1.165) is 0 Å². The van der Waals surface area contributed by atoms with Crippen molar-refractivity contribution in [2.45, 2.75) is 12.4 Å². The molecule has 2 aromatic carbocycles. The Bertz CT molecular complexity index is 1150. The van der Waals surface area contributed by atoms with Gasteiger partial charge in [0.05, 0.1) is 28.7 Å². The summed E-state index contributed by atoms with van der Waals surface area (Å²) in [6.45, 7) is 0. The molecule has 1 aromatic heterocycles. The van der Waals surface area contributed by atoms with Crippen LogP contribution >= 0.6 is 0 Å². The molecule has 0 aliphatic carbocycles. The van der Waals surface area contributed by atoms with E-state index in [2.05, 4.69) is 25.3 Å². The fourth-order valence-electron chi connectivity index (χ4n) is 2.63. The van der Waals surface area contributed by atoms with Crippen LogP contribution in [0.2, 0.25) is 0 Å². The summed E-state index contributed by atoms with van der Waals surface area (Å²) in [4.78, 5) is 7.36. The molecule has 0 radical (unpaired) electrons. The molecule has 3 N–H and O–H groups in total. The zero-order valence-electron chi connectivity index (χ0n) is 16.5. The van der Waals surface area contributed by atoms with Crippen molar-refractivity contribution in [2.75, 3.05) is 21.6 Å². The lowest BCUT2D eigenvalue weighted by Crippen LogP contribution is -2.12. The van der Waals surface area contributed by atoms with E-state index in [9.17, 15) is 34.9 Å². The van der Waals surface area contributed by atoms with Gasteiger partial charge < -0.3 is 15.4 Å². The molecular weight excluding hydrogens is 479 g/mol. The molecule has 3 rings (SSSR count). The highest BCUT2D eigenvalue weighted by Gasteiger charge is 2.37. The first-order valence-electron chi connectivity index (χ1n) is 8.88. The van der Waals surface area contributed by atoms with Gasteiger partial charge in [-0.3, -0.25) is 0 Å². The van der Waals surface area contributed by atoms with Gasteiger partial charge in [-0.15, -0.1) is 0 Å². The SMILES string of the molecule is CS(=O)Nc1ccccc1Nc1nc(Nc2cc(C(F)(F)F)cc(C(F)(F)F)c2)ncc1F. The van der Waals surface area contributed by atoms with E-state index in [-0.39, 0.29) is 11.8 Å². The van der Waals surface area contributed by atoms with Crippen molar-refractivity contribution in [3.05, 3.63) is 65.6 Å². The lowest BCUT2D eigenvalue weighted by Gasteiger charge is -2.15. The molecule has 33 heavy (non-hydrogen) atoms. The number of nitrogens with one attached hydrogen (secondary N) is 3. The Morgan fingerprint density at radius 2 is 1.45 bits per heavy atom. The molecule has 0 saturated heterocycles. The molecule has 1 unspecified atom stereocenters. The maximum atomic E-state index is 14.2. The van der Waals surface area contributed by atoms with Crippen LogP contribution in [-0.4, -0.2) is 20.4 Å². The molecule has 14 heteroatoms. The predicted octanol–water partition coefficient (Wildman–Crippen LogP) is 5.85. The van der Waals surface area contributed by atoms with E-state index in [1.807, 2.05) is 0 Å². The van der Waals surface area contributed by atoms with Gasteiger partial charge in [-0.25, -0.2) is 13.6 Å². The number of anilines is 5. The average Bonchev–Trinajstić information content (AvgIpc) is 2.70. The highest BCUT2D eigenvalue weighted by atomic mass is 32.2. The van der Waals surface area contributed by atoms with Gasteiger partial charge in [0.15, 0.2) is 11.6 Å². The van der Waals surface area contributed by atoms with Gasteiger partial charge in [-0.05, 0) is 30.3 Å². The number of hydrogen-bond acceptors (Lipinski definition) is 5. The van der Waals surface area contributed by atoms with Crippen molar-refractivity contribution in [3.8, 4) is 0 Å². The van der Waals surface area contributed by atoms with E-state index < -0.39 is 57.7 Å². The van der Waals surface area contributed by atoms with E-state index in [4.69, 9.17) is 0 Å². The Morgan fingerprint density at radius 1 is 0.879 bits per heavy atom. The molecule has 0 fully saturated rings. The predicted molar refractivity (Wildman–Crippen MR) is 109 cm³/mol. The number of para-hydroxylation sites is 2. The van der Waals surface area contributed by atoms with E-state index in [1.54, 1.807) is 18.2 Å². The maximum absolute atomic E-state index is 14.2. The van der Waals surface area contributed by atoms with Crippen LogP contribution in [0.3, 0.4) is 0 Å². The molecule has 1 atom stereocenters. The molecule has 0 bridgehead atoms. The van der Waals surface area contributed by atoms with Crippen molar-refractivity contribution in [2.24, 2.45) is 0 Å². The van der Waals surface area contributed by atoms with Gasteiger partial charge in [-0.2, -0.15) is 31.3 Å². The first kappa shape index (κ1) is 24.2. The monoisotopic (exact) mass is 493 g/mol. The van der Waals surface area contributed by atoms with Crippen LogP contribution < -0.4 is 15.4 Å². The van der Waals surface area contributed by atoms with Gasteiger partial charge >= 0.3 is 12.4 Å². The van der Waals surface area contributed by atoms with Gasteiger partial charge in [-0.1, -0.05) is 12.1 Å². The third-order valence-corrected chi connectivity index (χ3v) is 4.53. The van der Waals surface area contributed by atoms with Crippen LogP contribution in [-0.2, 0) is 23.3 Å². The molecule has 0 saturated carbocycles. The minimum absolute atomic E-state index is 0.0225. The van der Waals surface area contributed by atoms with Gasteiger partial charge in [0.25, 0.3) is 0 Å². The van der Waals surface area contributed by atoms with Crippen LogP contribution in [0.1, 0.15) is 11.1 Å². The highest BCUT2D eigenvalue weighted by molar-refractivity contribution is 7.85. The second-order valence-electron chi connectivity index (χ2n) is 6.54. The summed E-state index contributed by atoms with van der Waals surface area (Å²) in [5, 5.41) is 4.86. The van der Waals surface area contributed by atoms with Crippen LogP contribution in [0.4, 0.5) is 59.6 Å². The third-order valence-electron chi connectivity index (χ3n) is 4.02. The zero-order chi connectivity index (χ0) is 24.4. The summed E-state index contributed by atoms with van der Waals surface area (Å²) >= 11 is 0. The molecule has 176 valence electrons. The first-order chi connectivity index (χ1) is 15.3. The zero-order valence-corrected chi connectivity index (χ0v) is 17.3. The average molecular weight is 493 g/mol. The Kier molecular flexibility index (Phi) is 6.76. The number of hydrogen-bond donors (Lipinski definition) is 3. The van der Waals surface area contributed by atoms with Crippen LogP contribution in [0.15, 0.2) is 48.7 Å². The summed E-state index contributed by atoms with van der Waals surface area (Å²) in [5.41, 5.74) is -3.08. The fourth-order valence-corrected chi connectivity index (χ4v) is 3.12. The fraction of sp³-hybridized carbons (Fsp3) is 0.158. The Balaban J connectivity index is 1.95. The largest absolute Gasteiger partial charge is 0.416 e. The number of benzene rings is 2. The van der Waals surface area contributed by atoms with Crippen molar-refractivity contribution in [1.82, 2.24) is 9.97 Å². The molecule has 0 aliphatic rings. The van der Waals surface area contributed by atoms with Crippen molar-refractivity contribution >= 4 is 39.8 Å². The molecular formula is C19H14F7N5OS. The number of alkyl halides is 6. The lowest BCUT2D eigenvalue weighted by atomic mass is 10.1. The molecule has 0 amide bonds. The standard InChI is InChI=1S/C19H14F7N5OS/c1-33(32)31-15-5-3-2-4-14(15)29-16-13(20)9-27-17(30-16)28-12-7-10(18(21,22)23)6-11(8-12)19(24,25)26/h2-9,31H,1H3,(H2,27,28,29,30). The molecule has 0 spiro atoms. The molecule has 1 heterocycles. The van der Waals surface area contributed by atoms with Gasteiger partial charge in [0, 0.05) is 11.9 Å². The smallest absolute Gasteiger partial charge is 0.336 e. The Hall–Kier alpha value is -3.42. The minimum atomic E-state index is -5.04. The Morgan fingerprint density at radius 3 is 2.00 bits per heavy atom. The van der Waals surface area contributed by atoms with Crippen molar-refractivity contribution < 1.29 is 34.9 Å². The van der Waals surface area contributed by atoms with Crippen LogP contribution in [0, 0.1) is 5.82 Å². The van der Waals surface area contributed by atoms with Gasteiger partial charge in [0.2, 0.25) is 5.95 Å². The highest BCUT2D eigenvalue weighted by Crippen LogP contribution is 2.38. The molecule has 0 aliphatic heterocycles. The van der Waals surface area contributed by atoms with Crippen LogP contribution in [0.5, 0.6) is 0 Å². The van der Waals surface area contributed by atoms with Crippen molar-refractivity contribution in [3.63, 3.8) is 0 Å². The summed E-state index contributed by atoms with van der Waals surface area (Å²) in [6, 6.07) is 7.14. The molecule has 3 aromatic rings. The second-order valence-corrected chi connectivity index (χ2v) is 7.65. The number of aromatic nitrogens is 2. The third kappa shape index (κ3) is 6.31. The normalized spacial score (nSPS) is 12.8. The molecule has 6 nitrogen and oxygen atoms in total. The summed E-state index contributed by atoms with van der Waals surface area (Å²) < 4.78 is 107.